The van der Waals surface area contributed by atoms with Crippen molar-refractivity contribution in [3.63, 3.8) is 0 Å². The molecule has 3 aromatic carbocycles. The molecule has 35 heavy (non-hydrogen) atoms. The third-order valence-corrected chi connectivity index (χ3v) is 5.70. The molecule has 2 heterocycles. The van der Waals surface area contributed by atoms with Gasteiger partial charge in [0, 0.05) is 16.1 Å². The van der Waals surface area contributed by atoms with Crippen molar-refractivity contribution in [2.75, 3.05) is 0 Å². The number of imidazole rings is 1. The number of hydrogen-bond acceptors (Lipinski definition) is 6. The van der Waals surface area contributed by atoms with Crippen molar-refractivity contribution in [2.24, 2.45) is 5.73 Å². The zero-order valence-corrected chi connectivity index (χ0v) is 19.4. The SMILES string of the molecule is N#Cc1c(Oc2ccc(-c3nc4ccc(C(N)=O)cc4[nH]3)cc2)nc(=S)[nH]c1-c1ccc(Cl)cc1. The number of nitrogens with two attached hydrogens (primary N) is 1. The van der Waals surface area contributed by atoms with E-state index in [9.17, 15) is 10.1 Å². The first-order valence-corrected chi connectivity index (χ1v) is 11.1. The van der Waals surface area contributed by atoms with Crippen molar-refractivity contribution in [3.05, 3.63) is 87.7 Å². The van der Waals surface area contributed by atoms with Crippen molar-refractivity contribution >= 4 is 40.8 Å². The molecule has 0 radical (unpaired) electrons. The number of rotatable bonds is 5. The number of primary amides is 1. The Bertz CT molecular complexity index is 1690. The minimum absolute atomic E-state index is 0.0941. The number of ether oxygens (including phenoxy) is 1. The summed E-state index contributed by atoms with van der Waals surface area (Å²) in [6, 6.07) is 21.3. The fraction of sp³-hybridized carbons (Fsp3) is 0. The largest absolute Gasteiger partial charge is 0.438 e. The van der Waals surface area contributed by atoms with E-state index in [-0.39, 0.29) is 16.2 Å². The van der Waals surface area contributed by atoms with Gasteiger partial charge in [-0.05, 0) is 72.4 Å². The van der Waals surface area contributed by atoms with Crippen LogP contribution in [-0.2, 0) is 0 Å². The maximum atomic E-state index is 11.4. The van der Waals surface area contributed by atoms with Gasteiger partial charge in [0.1, 0.15) is 23.2 Å². The third-order valence-electron chi connectivity index (χ3n) is 5.25. The lowest BCUT2D eigenvalue weighted by atomic mass is 10.1. The molecule has 10 heteroatoms. The summed E-state index contributed by atoms with van der Waals surface area (Å²) in [7, 11) is 0. The maximum absolute atomic E-state index is 11.4. The monoisotopic (exact) mass is 498 g/mol. The number of H-pyrrole nitrogens is 2. The molecule has 0 saturated heterocycles. The zero-order valence-electron chi connectivity index (χ0n) is 17.9. The van der Waals surface area contributed by atoms with Crippen LogP contribution < -0.4 is 10.5 Å². The van der Waals surface area contributed by atoms with Crippen LogP contribution in [0.2, 0.25) is 5.02 Å². The van der Waals surface area contributed by atoms with Gasteiger partial charge in [-0.1, -0.05) is 23.7 Å². The molecule has 0 spiro atoms. The average molecular weight is 499 g/mol. The minimum Gasteiger partial charge on any atom is -0.438 e. The fourth-order valence-corrected chi connectivity index (χ4v) is 3.87. The second-order valence-corrected chi connectivity index (χ2v) is 8.35. The van der Waals surface area contributed by atoms with Crippen LogP contribution in [0.15, 0.2) is 66.7 Å². The molecule has 0 fully saturated rings. The second kappa shape index (κ2) is 9.02. The Hall–Kier alpha value is -4.52. The van der Waals surface area contributed by atoms with Gasteiger partial charge in [0.25, 0.3) is 0 Å². The summed E-state index contributed by atoms with van der Waals surface area (Å²) in [6.07, 6.45) is 0. The van der Waals surface area contributed by atoms with Gasteiger partial charge in [-0.15, -0.1) is 0 Å². The number of fused-ring (bicyclic) bond motifs is 1. The molecule has 5 aromatic rings. The van der Waals surface area contributed by atoms with Crippen LogP contribution in [0.4, 0.5) is 0 Å². The quantitative estimate of drug-likeness (QED) is 0.263. The summed E-state index contributed by atoms with van der Waals surface area (Å²) in [6.45, 7) is 0. The highest BCUT2D eigenvalue weighted by Crippen LogP contribution is 2.31. The predicted octanol–water partition coefficient (Wildman–Crippen LogP) is 5.77. The van der Waals surface area contributed by atoms with Crippen molar-refractivity contribution in [3.8, 4) is 40.3 Å². The molecule has 0 aliphatic carbocycles. The molecule has 0 atom stereocenters. The zero-order chi connectivity index (χ0) is 24.5. The summed E-state index contributed by atoms with van der Waals surface area (Å²) in [4.78, 5) is 26.3. The number of nitrogens with zero attached hydrogens (tertiary/aromatic N) is 3. The average Bonchev–Trinajstić information content (AvgIpc) is 3.28. The third kappa shape index (κ3) is 4.48. The van der Waals surface area contributed by atoms with Crippen molar-refractivity contribution in [1.82, 2.24) is 19.9 Å². The number of carbonyl (C=O) groups excluding carboxylic acids is 1. The molecule has 5 rings (SSSR count). The number of nitrogens with one attached hydrogen (secondary N) is 2. The van der Waals surface area contributed by atoms with E-state index in [4.69, 9.17) is 34.3 Å². The Kier molecular flexibility index (Phi) is 5.74. The van der Waals surface area contributed by atoms with E-state index in [0.717, 1.165) is 11.1 Å². The Morgan fingerprint density at radius 1 is 1.00 bits per heavy atom. The number of amides is 1. The summed E-state index contributed by atoms with van der Waals surface area (Å²) < 4.78 is 6.11. The number of aromatic amines is 2. The summed E-state index contributed by atoms with van der Waals surface area (Å²) >= 11 is 11.2. The maximum Gasteiger partial charge on any atom is 0.248 e. The summed E-state index contributed by atoms with van der Waals surface area (Å²) in [5.41, 5.74) is 9.40. The number of benzene rings is 3. The van der Waals surface area contributed by atoms with Gasteiger partial charge in [0.05, 0.1) is 16.7 Å². The predicted molar refractivity (Wildman–Crippen MR) is 135 cm³/mol. The molecule has 4 N–H and O–H groups in total. The molecular formula is C25H15ClN6O2S. The minimum atomic E-state index is -0.505. The van der Waals surface area contributed by atoms with E-state index in [1.807, 2.05) is 12.1 Å². The van der Waals surface area contributed by atoms with Gasteiger partial charge < -0.3 is 20.4 Å². The molecular weight excluding hydrogens is 484 g/mol. The van der Waals surface area contributed by atoms with Gasteiger partial charge in [-0.2, -0.15) is 10.2 Å². The van der Waals surface area contributed by atoms with Gasteiger partial charge >= 0.3 is 0 Å². The molecule has 2 aromatic heterocycles. The molecule has 1 amide bonds. The summed E-state index contributed by atoms with van der Waals surface area (Å²) in [5, 5.41) is 10.4. The molecule has 0 unspecified atom stereocenters. The smallest absolute Gasteiger partial charge is 0.248 e. The first kappa shape index (κ1) is 22.3. The van der Waals surface area contributed by atoms with Crippen LogP contribution in [0.1, 0.15) is 15.9 Å². The van der Waals surface area contributed by atoms with E-state index in [2.05, 4.69) is 26.0 Å². The van der Waals surface area contributed by atoms with Crippen LogP contribution in [0.25, 0.3) is 33.7 Å². The van der Waals surface area contributed by atoms with Crippen LogP contribution in [-0.4, -0.2) is 25.8 Å². The highest BCUT2D eigenvalue weighted by atomic mass is 35.5. The van der Waals surface area contributed by atoms with E-state index >= 15 is 0 Å². The lowest BCUT2D eigenvalue weighted by molar-refractivity contribution is 0.100. The van der Waals surface area contributed by atoms with Crippen molar-refractivity contribution < 1.29 is 9.53 Å². The lowest BCUT2D eigenvalue weighted by Crippen LogP contribution is -2.10. The van der Waals surface area contributed by atoms with Gasteiger partial charge in [-0.3, -0.25) is 4.79 Å². The molecule has 0 aliphatic heterocycles. The Labute approximate surface area is 209 Å². The van der Waals surface area contributed by atoms with Crippen molar-refractivity contribution in [1.29, 1.82) is 5.26 Å². The van der Waals surface area contributed by atoms with E-state index in [0.29, 0.717) is 38.9 Å². The molecule has 0 bridgehead atoms. The number of aromatic nitrogens is 4. The first-order chi connectivity index (χ1) is 16.9. The van der Waals surface area contributed by atoms with Gasteiger partial charge in [-0.25, -0.2) is 4.98 Å². The highest BCUT2D eigenvalue weighted by molar-refractivity contribution is 7.71. The Morgan fingerprint density at radius 2 is 1.71 bits per heavy atom. The van der Waals surface area contributed by atoms with E-state index in [1.165, 1.54) is 0 Å². The normalized spacial score (nSPS) is 10.7. The van der Waals surface area contributed by atoms with Crippen LogP contribution >= 0.6 is 23.8 Å². The first-order valence-electron chi connectivity index (χ1n) is 10.3. The number of hydrogen-bond donors (Lipinski definition) is 3. The lowest BCUT2D eigenvalue weighted by Gasteiger charge is -2.11. The van der Waals surface area contributed by atoms with Crippen LogP contribution in [0, 0.1) is 16.1 Å². The molecule has 0 aliphatic rings. The molecule has 0 saturated carbocycles. The second-order valence-electron chi connectivity index (χ2n) is 7.52. The van der Waals surface area contributed by atoms with Crippen LogP contribution in [0.5, 0.6) is 11.6 Å². The van der Waals surface area contributed by atoms with Crippen LogP contribution in [0.3, 0.4) is 0 Å². The van der Waals surface area contributed by atoms with E-state index in [1.54, 1.807) is 54.6 Å². The Morgan fingerprint density at radius 3 is 2.40 bits per heavy atom. The van der Waals surface area contributed by atoms with E-state index < -0.39 is 5.91 Å². The topological polar surface area (TPSA) is 133 Å². The fourth-order valence-electron chi connectivity index (χ4n) is 3.56. The highest BCUT2D eigenvalue weighted by Gasteiger charge is 2.16. The van der Waals surface area contributed by atoms with Crippen molar-refractivity contribution in [2.45, 2.75) is 0 Å². The Balaban J connectivity index is 1.45. The summed E-state index contributed by atoms with van der Waals surface area (Å²) in [5.74, 6) is 0.676. The van der Waals surface area contributed by atoms with Gasteiger partial charge in [0.15, 0.2) is 0 Å². The molecule has 170 valence electrons. The number of carbonyl (C=O) groups is 1. The number of nitriles is 1. The number of halogens is 1. The molecule has 8 nitrogen and oxygen atoms in total. The van der Waals surface area contributed by atoms with Gasteiger partial charge in [0.2, 0.25) is 16.6 Å². The standard InChI is InChI=1S/C25H15ClN6O2S/c26-16-6-1-13(2-7-16)21-18(12-27)24(32-25(35)31-21)34-17-8-3-14(4-9-17)23-29-19-10-5-15(22(28)33)11-20(19)30-23/h1-11H,(H2,28,33)(H,29,30)(H,31,32,35).